The highest BCUT2D eigenvalue weighted by Crippen LogP contribution is 2.40. The summed E-state index contributed by atoms with van der Waals surface area (Å²) in [4.78, 5) is 0. The molecule has 0 bridgehead atoms. The highest BCUT2D eigenvalue weighted by atomic mass is 16.5. The van der Waals surface area contributed by atoms with Crippen LogP contribution in [0.25, 0.3) is 0 Å². The average Bonchev–Trinajstić information content (AvgIpc) is 3.20. The maximum absolute atomic E-state index is 5.83. The molecule has 1 aromatic rings. The van der Waals surface area contributed by atoms with Crippen LogP contribution in [0, 0.1) is 5.92 Å². The molecule has 3 atom stereocenters. The topological polar surface area (TPSA) is 21.3 Å². The number of hydrogen-bond donors (Lipinski definition) is 1. The molecule has 2 aliphatic rings. The minimum absolute atomic E-state index is 0.494. The molecule has 2 heteroatoms. The molecule has 0 heterocycles. The van der Waals surface area contributed by atoms with Crippen LogP contribution < -0.4 is 10.1 Å². The predicted molar refractivity (Wildman–Crippen MR) is 83.3 cm³/mol. The molecule has 110 valence electrons. The van der Waals surface area contributed by atoms with Crippen molar-refractivity contribution >= 4 is 0 Å². The van der Waals surface area contributed by atoms with E-state index in [1.165, 1.54) is 37.7 Å². The van der Waals surface area contributed by atoms with Crippen LogP contribution in [0.3, 0.4) is 0 Å². The van der Waals surface area contributed by atoms with Crippen molar-refractivity contribution < 1.29 is 4.74 Å². The molecular formula is C18H27NO. The summed E-state index contributed by atoms with van der Waals surface area (Å²) in [5, 5.41) is 3.70. The zero-order chi connectivity index (χ0) is 13.9. The van der Waals surface area contributed by atoms with Gasteiger partial charge in [0.1, 0.15) is 5.75 Å². The van der Waals surface area contributed by atoms with Crippen molar-refractivity contribution in [2.75, 3.05) is 6.54 Å². The second-order valence-corrected chi connectivity index (χ2v) is 6.49. The van der Waals surface area contributed by atoms with E-state index in [9.17, 15) is 0 Å². The Morgan fingerprint density at radius 3 is 2.50 bits per heavy atom. The molecule has 2 nitrogen and oxygen atoms in total. The van der Waals surface area contributed by atoms with Crippen LogP contribution in [0.2, 0.25) is 0 Å². The van der Waals surface area contributed by atoms with Gasteiger partial charge in [0.2, 0.25) is 0 Å². The van der Waals surface area contributed by atoms with Crippen LogP contribution in [0.15, 0.2) is 24.3 Å². The van der Waals surface area contributed by atoms with E-state index in [1.807, 2.05) is 0 Å². The second-order valence-electron chi connectivity index (χ2n) is 6.49. The van der Waals surface area contributed by atoms with Gasteiger partial charge >= 0.3 is 0 Å². The highest BCUT2D eigenvalue weighted by Gasteiger charge is 2.33. The van der Waals surface area contributed by atoms with Crippen LogP contribution in [0.1, 0.15) is 57.4 Å². The molecule has 20 heavy (non-hydrogen) atoms. The Hall–Kier alpha value is -1.02. The summed E-state index contributed by atoms with van der Waals surface area (Å²) in [5.41, 5.74) is 1.49. The SMILES string of the molecule is CCCNC1CCC(c2ccc(OC3CC3)cc2)C1C. The molecule has 1 aromatic carbocycles. The number of rotatable bonds is 6. The van der Waals surface area contributed by atoms with Gasteiger partial charge in [-0.15, -0.1) is 0 Å². The molecule has 2 fully saturated rings. The third-order valence-corrected chi connectivity index (χ3v) is 4.85. The summed E-state index contributed by atoms with van der Waals surface area (Å²) in [6.07, 6.45) is 6.80. The van der Waals surface area contributed by atoms with E-state index in [0.29, 0.717) is 18.1 Å². The summed E-state index contributed by atoms with van der Waals surface area (Å²) in [7, 11) is 0. The fraction of sp³-hybridized carbons (Fsp3) is 0.667. The third kappa shape index (κ3) is 3.17. The predicted octanol–water partition coefficient (Wildman–Crippen LogP) is 4.11. The number of hydrogen-bond acceptors (Lipinski definition) is 2. The van der Waals surface area contributed by atoms with E-state index in [1.54, 1.807) is 0 Å². The zero-order valence-electron chi connectivity index (χ0n) is 12.8. The normalized spacial score (nSPS) is 29.6. The van der Waals surface area contributed by atoms with Crippen LogP contribution in [-0.4, -0.2) is 18.7 Å². The van der Waals surface area contributed by atoms with Crippen LogP contribution in [-0.2, 0) is 0 Å². The molecular weight excluding hydrogens is 246 g/mol. The van der Waals surface area contributed by atoms with Gasteiger partial charge in [-0.3, -0.25) is 0 Å². The van der Waals surface area contributed by atoms with Gasteiger partial charge in [0.05, 0.1) is 6.10 Å². The van der Waals surface area contributed by atoms with E-state index < -0.39 is 0 Å². The Balaban J connectivity index is 1.60. The van der Waals surface area contributed by atoms with Gasteiger partial charge in [0, 0.05) is 6.04 Å². The van der Waals surface area contributed by atoms with Crippen molar-refractivity contribution in [2.24, 2.45) is 5.92 Å². The minimum atomic E-state index is 0.494. The zero-order valence-corrected chi connectivity index (χ0v) is 12.8. The molecule has 3 rings (SSSR count). The van der Waals surface area contributed by atoms with Gasteiger partial charge in [0.25, 0.3) is 0 Å². The first-order chi connectivity index (χ1) is 9.78. The fourth-order valence-corrected chi connectivity index (χ4v) is 3.43. The molecule has 3 unspecified atom stereocenters. The average molecular weight is 273 g/mol. The van der Waals surface area contributed by atoms with Crippen molar-refractivity contribution in [3.63, 3.8) is 0 Å². The molecule has 0 radical (unpaired) electrons. The smallest absolute Gasteiger partial charge is 0.119 e. The molecule has 2 saturated carbocycles. The van der Waals surface area contributed by atoms with Gasteiger partial charge in [0.15, 0.2) is 0 Å². The van der Waals surface area contributed by atoms with E-state index in [0.717, 1.165) is 18.2 Å². The lowest BCUT2D eigenvalue weighted by Gasteiger charge is -2.22. The summed E-state index contributed by atoms with van der Waals surface area (Å²) in [5.74, 6) is 2.48. The Morgan fingerprint density at radius 2 is 1.85 bits per heavy atom. The third-order valence-electron chi connectivity index (χ3n) is 4.85. The maximum Gasteiger partial charge on any atom is 0.119 e. The van der Waals surface area contributed by atoms with Crippen LogP contribution in [0.4, 0.5) is 0 Å². The fourth-order valence-electron chi connectivity index (χ4n) is 3.43. The van der Waals surface area contributed by atoms with E-state index in [-0.39, 0.29) is 0 Å². The van der Waals surface area contributed by atoms with E-state index in [2.05, 4.69) is 43.4 Å². The van der Waals surface area contributed by atoms with Gasteiger partial charge in [-0.05, 0) is 68.2 Å². The lowest BCUT2D eigenvalue weighted by atomic mass is 9.89. The Kier molecular flexibility index (Phi) is 4.30. The van der Waals surface area contributed by atoms with Crippen molar-refractivity contribution in [2.45, 2.75) is 64.0 Å². The van der Waals surface area contributed by atoms with Gasteiger partial charge < -0.3 is 10.1 Å². The summed E-state index contributed by atoms with van der Waals surface area (Å²) in [6, 6.07) is 9.57. The number of ether oxygens (including phenoxy) is 1. The Labute approximate surface area is 122 Å². The molecule has 0 aromatic heterocycles. The monoisotopic (exact) mass is 273 g/mol. The first-order valence-corrected chi connectivity index (χ1v) is 8.28. The molecule has 0 aliphatic heterocycles. The van der Waals surface area contributed by atoms with E-state index >= 15 is 0 Å². The molecule has 0 spiro atoms. The van der Waals surface area contributed by atoms with Gasteiger partial charge in [-0.2, -0.15) is 0 Å². The summed E-state index contributed by atoms with van der Waals surface area (Å²) in [6.45, 7) is 5.79. The number of benzene rings is 1. The highest BCUT2D eigenvalue weighted by molar-refractivity contribution is 5.31. The molecule has 0 saturated heterocycles. The molecule has 2 aliphatic carbocycles. The van der Waals surface area contributed by atoms with Gasteiger partial charge in [-0.25, -0.2) is 0 Å². The standard InChI is InChI=1S/C18H27NO/c1-3-12-19-18-11-10-17(13(18)2)14-4-6-15(7-5-14)20-16-8-9-16/h4-7,13,16-19H,3,8-12H2,1-2H3. The van der Waals surface area contributed by atoms with Crippen molar-refractivity contribution in [3.8, 4) is 5.75 Å². The maximum atomic E-state index is 5.83. The molecule has 0 amide bonds. The van der Waals surface area contributed by atoms with Crippen molar-refractivity contribution in [1.82, 2.24) is 5.32 Å². The van der Waals surface area contributed by atoms with E-state index in [4.69, 9.17) is 4.74 Å². The number of nitrogens with one attached hydrogen (secondary N) is 1. The van der Waals surface area contributed by atoms with Crippen molar-refractivity contribution in [3.05, 3.63) is 29.8 Å². The minimum Gasteiger partial charge on any atom is -0.490 e. The first kappa shape index (κ1) is 13.9. The quantitative estimate of drug-likeness (QED) is 0.842. The summed E-state index contributed by atoms with van der Waals surface area (Å²) >= 11 is 0. The molecule has 1 N–H and O–H groups in total. The largest absolute Gasteiger partial charge is 0.490 e. The lowest BCUT2D eigenvalue weighted by Crippen LogP contribution is -2.32. The summed E-state index contributed by atoms with van der Waals surface area (Å²) < 4.78 is 5.83. The Bertz CT molecular complexity index is 424. The second kappa shape index (κ2) is 6.17. The van der Waals surface area contributed by atoms with Gasteiger partial charge in [-0.1, -0.05) is 26.0 Å². The van der Waals surface area contributed by atoms with Crippen molar-refractivity contribution in [1.29, 1.82) is 0 Å². The lowest BCUT2D eigenvalue weighted by molar-refractivity contribution is 0.303. The Morgan fingerprint density at radius 1 is 1.10 bits per heavy atom. The first-order valence-electron chi connectivity index (χ1n) is 8.28. The van der Waals surface area contributed by atoms with Crippen LogP contribution >= 0.6 is 0 Å². The van der Waals surface area contributed by atoms with Crippen LogP contribution in [0.5, 0.6) is 5.75 Å².